The fraction of sp³-hybridized carbons (Fsp3) is 0.357. The van der Waals surface area contributed by atoms with Gasteiger partial charge in [0.05, 0.1) is 0 Å². The average Bonchev–Trinajstić information content (AvgIpc) is 2.15. The lowest BCUT2D eigenvalue weighted by molar-refractivity contribution is 1.11. The van der Waals surface area contributed by atoms with E-state index in [2.05, 4.69) is 46.8 Å². The molecule has 75 valence electrons. The zero-order valence-electron chi connectivity index (χ0n) is 9.65. The number of rotatable bonds is 2. The topological polar surface area (TPSA) is 0 Å². The molecule has 1 aromatic carbocycles. The summed E-state index contributed by atoms with van der Waals surface area (Å²) in [5.74, 6) is 0. The van der Waals surface area contributed by atoms with Gasteiger partial charge >= 0.3 is 0 Å². The lowest BCUT2D eigenvalue weighted by atomic mass is 9.92. The Bertz CT molecular complexity index is 331. The van der Waals surface area contributed by atoms with Crippen molar-refractivity contribution >= 4 is 0 Å². The normalized spacial score (nSPS) is 11.2. The van der Waals surface area contributed by atoms with Crippen LogP contribution in [0.25, 0.3) is 0 Å². The predicted octanol–water partition coefficient (Wildman–Crippen LogP) is 3.85. The Hall–Kier alpha value is -1.04. The second-order valence-electron chi connectivity index (χ2n) is 3.91. The third-order valence-corrected chi connectivity index (χ3v) is 3.01. The molecule has 1 aromatic rings. The highest BCUT2D eigenvalue weighted by Gasteiger charge is 2.06. The molecular weight excluding hydrogens is 168 g/mol. The monoisotopic (exact) mass is 187 g/mol. The third-order valence-electron chi connectivity index (χ3n) is 3.01. The first-order chi connectivity index (χ1) is 6.57. The van der Waals surface area contributed by atoms with E-state index in [1.54, 1.807) is 0 Å². The molecule has 0 nitrogen and oxygen atoms in total. The van der Waals surface area contributed by atoms with Gasteiger partial charge in [-0.3, -0.25) is 0 Å². The molecule has 0 saturated heterocycles. The maximum absolute atomic E-state index is 3.72. The third kappa shape index (κ3) is 2.06. The summed E-state index contributed by atoms with van der Waals surface area (Å²) in [6.07, 6.45) is 4.99. The molecule has 0 fully saturated rings. The lowest BCUT2D eigenvalue weighted by Gasteiger charge is -2.13. The van der Waals surface area contributed by atoms with Crippen molar-refractivity contribution in [2.45, 2.75) is 34.1 Å². The molecule has 0 bridgehead atoms. The van der Waals surface area contributed by atoms with Crippen LogP contribution in [-0.4, -0.2) is 0 Å². The van der Waals surface area contributed by atoms with Gasteiger partial charge in [-0.25, -0.2) is 0 Å². The summed E-state index contributed by atoms with van der Waals surface area (Å²) in [6, 6.07) is 2.27. The van der Waals surface area contributed by atoms with Gasteiger partial charge in [0.2, 0.25) is 0 Å². The first-order valence-corrected chi connectivity index (χ1v) is 5.08. The maximum atomic E-state index is 3.72. The van der Waals surface area contributed by atoms with Gasteiger partial charge in [0.1, 0.15) is 0 Å². The van der Waals surface area contributed by atoms with Crippen molar-refractivity contribution in [3.8, 4) is 0 Å². The van der Waals surface area contributed by atoms with Crippen LogP contribution in [0.1, 0.15) is 27.8 Å². The van der Waals surface area contributed by atoms with Gasteiger partial charge in [0, 0.05) is 0 Å². The van der Waals surface area contributed by atoms with Gasteiger partial charge in [-0.2, -0.15) is 0 Å². The minimum atomic E-state index is 1.00. The molecule has 0 aliphatic carbocycles. The molecule has 0 heterocycles. The summed E-state index contributed by atoms with van der Waals surface area (Å²) < 4.78 is 0. The van der Waals surface area contributed by atoms with Crippen LogP contribution in [0, 0.1) is 34.6 Å². The van der Waals surface area contributed by atoms with Crippen LogP contribution >= 0.6 is 0 Å². The highest BCUT2D eigenvalue weighted by atomic mass is 14.1. The van der Waals surface area contributed by atoms with Crippen molar-refractivity contribution in [1.29, 1.82) is 0 Å². The van der Waals surface area contributed by atoms with E-state index in [1.807, 2.05) is 6.08 Å². The Balaban J connectivity index is 3.24. The molecule has 0 atom stereocenters. The van der Waals surface area contributed by atoms with Gasteiger partial charge in [0.15, 0.2) is 0 Å². The lowest BCUT2D eigenvalue weighted by Crippen LogP contribution is -1.97. The highest BCUT2D eigenvalue weighted by molar-refractivity contribution is 5.44. The molecule has 0 aliphatic heterocycles. The molecule has 1 rings (SSSR count). The van der Waals surface area contributed by atoms with E-state index in [-0.39, 0.29) is 0 Å². The van der Waals surface area contributed by atoms with Gasteiger partial charge < -0.3 is 0 Å². The Morgan fingerprint density at radius 3 is 2.00 bits per heavy atom. The molecule has 0 saturated carbocycles. The van der Waals surface area contributed by atoms with Crippen LogP contribution < -0.4 is 0 Å². The van der Waals surface area contributed by atoms with Crippen LogP contribution in [0.3, 0.4) is 0 Å². The molecule has 0 unspecified atom stereocenters. The van der Waals surface area contributed by atoms with Crippen LogP contribution in [-0.2, 0) is 6.42 Å². The standard InChI is InChI=1S/C14H19/c1-6-7-8-14-12(4)10(2)9-11(3)13(14)5/h6-7,9H,1,8H2,2-5H3. The second kappa shape index (κ2) is 4.45. The molecule has 0 amide bonds. The molecular formula is C14H19. The Morgan fingerprint density at radius 2 is 1.57 bits per heavy atom. The van der Waals surface area contributed by atoms with Crippen molar-refractivity contribution in [3.63, 3.8) is 0 Å². The number of hydrogen-bond donors (Lipinski definition) is 0. The van der Waals surface area contributed by atoms with Crippen molar-refractivity contribution in [2.24, 2.45) is 0 Å². The van der Waals surface area contributed by atoms with Gasteiger partial charge in [-0.1, -0.05) is 18.2 Å². The fourth-order valence-electron chi connectivity index (χ4n) is 1.81. The number of aryl methyl sites for hydroxylation is 2. The molecule has 0 aliphatic rings. The Kier molecular flexibility index (Phi) is 3.51. The van der Waals surface area contributed by atoms with E-state index < -0.39 is 0 Å². The summed E-state index contributed by atoms with van der Waals surface area (Å²) in [5, 5.41) is 0. The van der Waals surface area contributed by atoms with E-state index in [9.17, 15) is 0 Å². The van der Waals surface area contributed by atoms with E-state index >= 15 is 0 Å². The predicted molar refractivity (Wildman–Crippen MR) is 63.6 cm³/mol. The zero-order valence-corrected chi connectivity index (χ0v) is 9.65. The zero-order chi connectivity index (χ0) is 10.7. The van der Waals surface area contributed by atoms with Crippen LogP contribution in [0.2, 0.25) is 0 Å². The molecule has 0 aromatic heterocycles. The quantitative estimate of drug-likeness (QED) is 0.659. The number of benzene rings is 1. The van der Waals surface area contributed by atoms with Crippen molar-refractivity contribution < 1.29 is 0 Å². The number of hydrogen-bond acceptors (Lipinski definition) is 0. The smallest absolute Gasteiger partial charge is 0.00920 e. The Morgan fingerprint density at radius 1 is 1.07 bits per heavy atom. The minimum absolute atomic E-state index is 1.00. The van der Waals surface area contributed by atoms with E-state index in [1.165, 1.54) is 27.8 Å². The van der Waals surface area contributed by atoms with Gasteiger partial charge in [0.25, 0.3) is 0 Å². The largest absolute Gasteiger partial charge is 0.0879 e. The molecule has 0 heteroatoms. The van der Waals surface area contributed by atoms with Crippen LogP contribution in [0.5, 0.6) is 0 Å². The molecule has 0 N–H and O–H groups in total. The molecule has 0 spiro atoms. The van der Waals surface area contributed by atoms with Crippen molar-refractivity contribution in [2.75, 3.05) is 0 Å². The maximum Gasteiger partial charge on any atom is -0.00920 e. The van der Waals surface area contributed by atoms with Gasteiger partial charge in [-0.05, 0) is 68.9 Å². The summed E-state index contributed by atoms with van der Waals surface area (Å²) in [7, 11) is 0. The average molecular weight is 187 g/mol. The summed E-state index contributed by atoms with van der Waals surface area (Å²) >= 11 is 0. The van der Waals surface area contributed by atoms with Crippen LogP contribution in [0.4, 0.5) is 0 Å². The van der Waals surface area contributed by atoms with Crippen LogP contribution in [0.15, 0.2) is 18.2 Å². The number of allylic oxidation sites excluding steroid dienone is 2. The first kappa shape index (κ1) is 11.0. The van der Waals surface area contributed by atoms with E-state index in [0.29, 0.717) is 0 Å². The van der Waals surface area contributed by atoms with Gasteiger partial charge in [-0.15, -0.1) is 0 Å². The minimum Gasteiger partial charge on any atom is -0.0879 e. The van der Waals surface area contributed by atoms with Crippen molar-refractivity contribution in [1.82, 2.24) is 0 Å². The van der Waals surface area contributed by atoms with E-state index in [4.69, 9.17) is 0 Å². The first-order valence-electron chi connectivity index (χ1n) is 5.08. The second-order valence-corrected chi connectivity index (χ2v) is 3.91. The summed E-state index contributed by atoms with van der Waals surface area (Å²) in [6.45, 7) is 12.5. The summed E-state index contributed by atoms with van der Waals surface area (Å²) in [5.41, 5.74) is 7.08. The van der Waals surface area contributed by atoms with Crippen molar-refractivity contribution in [3.05, 3.63) is 53.0 Å². The Labute approximate surface area is 87.7 Å². The van der Waals surface area contributed by atoms with E-state index in [0.717, 1.165) is 6.42 Å². The highest BCUT2D eigenvalue weighted by Crippen LogP contribution is 2.22. The SMILES string of the molecule is [CH2]C=CCc1c(C)c(C)cc(C)c1C. The summed E-state index contributed by atoms with van der Waals surface area (Å²) in [4.78, 5) is 0. The molecule has 1 radical (unpaired) electrons. The fourth-order valence-corrected chi connectivity index (χ4v) is 1.81. The molecule has 14 heavy (non-hydrogen) atoms.